The first-order chi connectivity index (χ1) is 12.1. The minimum absolute atomic E-state index is 0.284. The van der Waals surface area contributed by atoms with Gasteiger partial charge in [0.05, 0.1) is 9.88 Å². The summed E-state index contributed by atoms with van der Waals surface area (Å²) in [5.74, 6) is 0.883. The number of benzene rings is 1. The molecule has 2 aromatic rings. The Balaban J connectivity index is 1.40. The van der Waals surface area contributed by atoms with Gasteiger partial charge in [-0.05, 0) is 31.4 Å². The van der Waals surface area contributed by atoms with Gasteiger partial charge in [0, 0.05) is 50.8 Å². The highest BCUT2D eigenvalue weighted by atomic mass is 32.1. The summed E-state index contributed by atoms with van der Waals surface area (Å²) in [5.41, 5.74) is 2.43. The molecule has 0 saturated carbocycles. The van der Waals surface area contributed by atoms with Gasteiger partial charge in [-0.15, -0.1) is 11.3 Å². The molecular formula is C20H25N3OS. The summed E-state index contributed by atoms with van der Waals surface area (Å²) in [6, 6.07) is 9.24. The fourth-order valence-corrected chi connectivity index (χ4v) is 4.57. The molecular weight excluding hydrogens is 330 g/mol. The van der Waals surface area contributed by atoms with Gasteiger partial charge in [-0.2, -0.15) is 0 Å². The highest BCUT2D eigenvalue weighted by Crippen LogP contribution is 2.35. The summed E-state index contributed by atoms with van der Waals surface area (Å²) in [4.78, 5) is 22.1. The Bertz CT molecular complexity index is 747. The average molecular weight is 356 g/mol. The first-order valence-corrected chi connectivity index (χ1v) is 9.98. The van der Waals surface area contributed by atoms with Crippen LogP contribution in [0.5, 0.6) is 0 Å². The van der Waals surface area contributed by atoms with Crippen molar-refractivity contribution in [3.05, 3.63) is 41.0 Å². The van der Waals surface area contributed by atoms with Crippen LogP contribution in [0.3, 0.4) is 0 Å². The van der Waals surface area contributed by atoms with Gasteiger partial charge in [0.1, 0.15) is 0 Å². The molecule has 0 N–H and O–H groups in total. The quantitative estimate of drug-likeness (QED) is 0.820. The molecule has 4 rings (SSSR count). The Morgan fingerprint density at radius 2 is 2.00 bits per heavy atom. The van der Waals surface area contributed by atoms with E-state index in [4.69, 9.17) is 0 Å². The minimum atomic E-state index is 0.284. The zero-order valence-corrected chi connectivity index (χ0v) is 15.8. The van der Waals surface area contributed by atoms with Crippen LogP contribution in [0.2, 0.25) is 0 Å². The minimum Gasteiger partial charge on any atom is -0.338 e. The normalized spacial score (nSPS) is 19.0. The monoisotopic (exact) mass is 355 g/mol. The largest absolute Gasteiger partial charge is 0.338 e. The van der Waals surface area contributed by atoms with Crippen molar-refractivity contribution in [1.29, 1.82) is 0 Å². The van der Waals surface area contributed by atoms with E-state index in [1.165, 1.54) is 21.0 Å². The predicted octanol–water partition coefficient (Wildman–Crippen LogP) is 3.74. The first kappa shape index (κ1) is 16.7. The van der Waals surface area contributed by atoms with Crippen molar-refractivity contribution in [3.63, 3.8) is 0 Å². The lowest BCUT2D eigenvalue weighted by atomic mass is 9.99. The van der Waals surface area contributed by atoms with Gasteiger partial charge in [0.25, 0.3) is 0 Å². The summed E-state index contributed by atoms with van der Waals surface area (Å²) in [6.07, 6.45) is 3.71. The van der Waals surface area contributed by atoms with E-state index < -0.39 is 0 Å². The van der Waals surface area contributed by atoms with Crippen molar-refractivity contribution in [3.8, 4) is 10.4 Å². The SMILES string of the molecule is CC(C)N1CC(c2ncc(-c3ccc(CN4CCCC4=O)cc3)s2)C1. The maximum absolute atomic E-state index is 11.7. The van der Waals surface area contributed by atoms with Gasteiger partial charge in [-0.3, -0.25) is 9.69 Å². The van der Waals surface area contributed by atoms with Gasteiger partial charge in [-0.1, -0.05) is 24.3 Å². The zero-order chi connectivity index (χ0) is 17.4. The summed E-state index contributed by atoms with van der Waals surface area (Å²) in [7, 11) is 0. The number of hydrogen-bond donors (Lipinski definition) is 0. The third kappa shape index (κ3) is 3.48. The van der Waals surface area contributed by atoms with Gasteiger partial charge in [0.15, 0.2) is 0 Å². The van der Waals surface area contributed by atoms with Gasteiger partial charge in [-0.25, -0.2) is 4.98 Å². The van der Waals surface area contributed by atoms with Gasteiger partial charge >= 0.3 is 0 Å². The second-order valence-corrected chi connectivity index (χ2v) is 8.49. The van der Waals surface area contributed by atoms with Crippen molar-refractivity contribution >= 4 is 17.2 Å². The van der Waals surface area contributed by atoms with Crippen LogP contribution in [0, 0.1) is 0 Å². The number of carbonyl (C=O) groups is 1. The number of amides is 1. The molecule has 25 heavy (non-hydrogen) atoms. The highest BCUT2D eigenvalue weighted by Gasteiger charge is 2.31. The summed E-state index contributed by atoms with van der Waals surface area (Å²) in [6.45, 7) is 8.40. The maximum Gasteiger partial charge on any atom is 0.222 e. The molecule has 132 valence electrons. The molecule has 1 aromatic heterocycles. The van der Waals surface area contributed by atoms with Crippen LogP contribution < -0.4 is 0 Å². The van der Waals surface area contributed by atoms with Crippen molar-refractivity contribution in [1.82, 2.24) is 14.8 Å². The standard InChI is InChI=1S/C20H25N3OS/c1-14(2)23-12-17(13-23)20-21-10-18(25-20)16-7-5-15(6-8-16)11-22-9-3-4-19(22)24/h5-8,10,14,17H,3-4,9,11-13H2,1-2H3. The van der Waals surface area contributed by atoms with E-state index in [1.807, 2.05) is 22.4 Å². The Morgan fingerprint density at radius 1 is 1.24 bits per heavy atom. The molecule has 0 aliphatic carbocycles. The fourth-order valence-electron chi connectivity index (χ4n) is 3.57. The maximum atomic E-state index is 11.7. The van der Waals surface area contributed by atoms with E-state index in [-0.39, 0.29) is 5.91 Å². The Labute approximate surface area is 153 Å². The van der Waals surface area contributed by atoms with Crippen LogP contribution in [0.1, 0.15) is 43.2 Å². The zero-order valence-electron chi connectivity index (χ0n) is 14.9. The molecule has 0 radical (unpaired) electrons. The number of hydrogen-bond acceptors (Lipinski definition) is 4. The van der Waals surface area contributed by atoms with E-state index in [0.717, 1.165) is 32.6 Å². The number of rotatable bonds is 5. The third-order valence-electron chi connectivity index (χ3n) is 5.30. The van der Waals surface area contributed by atoms with E-state index in [2.05, 4.69) is 48.0 Å². The molecule has 2 aliphatic rings. The average Bonchev–Trinajstić information content (AvgIpc) is 3.17. The molecule has 3 heterocycles. The third-order valence-corrected chi connectivity index (χ3v) is 6.51. The van der Waals surface area contributed by atoms with Crippen LogP contribution in [0.25, 0.3) is 10.4 Å². The van der Waals surface area contributed by atoms with Crippen LogP contribution in [0.4, 0.5) is 0 Å². The van der Waals surface area contributed by atoms with E-state index in [0.29, 0.717) is 18.4 Å². The molecule has 0 atom stereocenters. The number of thiazole rings is 1. The second kappa shape index (κ2) is 6.89. The highest BCUT2D eigenvalue weighted by molar-refractivity contribution is 7.15. The Kier molecular flexibility index (Phi) is 4.61. The lowest BCUT2D eigenvalue weighted by Gasteiger charge is -2.41. The number of carbonyl (C=O) groups excluding carboxylic acids is 1. The molecule has 0 unspecified atom stereocenters. The van der Waals surface area contributed by atoms with Crippen LogP contribution >= 0.6 is 11.3 Å². The van der Waals surface area contributed by atoms with Crippen molar-refractivity contribution < 1.29 is 4.79 Å². The molecule has 2 saturated heterocycles. The number of likely N-dealkylation sites (tertiary alicyclic amines) is 2. The fraction of sp³-hybridized carbons (Fsp3) is 0.500. The molecule has 2 fully saturated rings. The van der Waals surface area contributed by atoms with Crippen LogP contribution in [0.15, 0.2) is 30.5 Å². The summed E-state index contributed by atoms with van der Waals surface area (Å²) in [5, 5.41) is 1.26. The van der Waals surface area contributed by atoms with Crippen molar-refractivity contribution in [2.24, 2.45) is 0 Å². The smallest absolute Gasteiger partial charge is 0.222 e. The van der Waals surface area contributed by atoms with Crippen molar-refractivity contribution in [2.75, 3.05) is 19.6 Å². The topological polar surface area (TPSA) is 36.4 Å². The van der Waals surface area contributed by atoms with Gasteiger partial charge < -0.3 is 4.90 Å². The summed E-state index contributed by atoms with van der Waals surface area (Å²) < 4.78 is 0. The van der Waals surface area contributed by atoms with E-state index in [9.17, 15) is 4.79 Å². The molecule has 4 nitrogen and oxygen atoms in total. The lowest BCUT2D eigenvalue weighted by molar-refractivity contribution is -0.128. The molecule has 1 amide bonds. The predicted molar refractivity (Wildman–Crippen MR) is 102 cm³/mol. The first-order valence-electron chi connectivity index (χ1n) is 9.17. The lowest BCUT2D eigenvalue weighted by Crippen LogP contribution is -2.48. The molecule has 0 spiro atoms. The van der Waals surface area contributed by atoms with Crippen molar-refractivity contribution in [2.45, 2.75) is 45.2 Å². The van der Waals surface area contributed by atoms with Crippen LogP contribution in [-0.2, 0) is 11.3 Å². The number of aromatic nitrogens is 1. The molecule has 5 heteroatoms. The van der Waals surface area contributed by atoms with E-state index in [1.54, 1.807) is 0 Å². The number of nitrogens with zero attached hydrogens (tertiary/aromatic N) is 3. The second-order valence-electron chi connectivity index (χ2n) is 7.42. The van der Waals surface area contributed by atoms with E-state index >= 15 is 0 Å². The molecule has 1 aromatic carbocycles. The molecule has 2 aliphatic heterocycles. The summed E-state index contributed by atoms with van der Waals surface area (Å²) >= 11 is 1.82. The van der Waals surface area contributed by atoms with Crippen LogP contribution in [-0.4, -0.2) is 46.4 Å². The van der Waals surface area contributed by atoms with Gasteiger partial charge in [0.2, 0.25) is 5.91 Å². The Hall–Kier alpha value is -1.72. The Morgan fingerprint density at radius 3 is 2.64 bits per heavy atom. The molecule has 0 bridgehead atoms.